The molecule has 2 rings (SSSR count). The normalized spacial score (nSPS) is 24.1. The first-order chi connectivity index (χ1) is 6.68. The summed E-state index contributed by atoms with van der Waals surface area (Å²) in [6.45, 7) is 3.80. The number of thiazole rings is 1. The van der Waals surface area contributed by atoms with Crippen LogP contribution in [0.25, 0.3) is 0 Å². The van der Waals surface area contributed by atoms with Crippen molar-refractivity contribution < 1.29 is 5.11 Å². The van der Waals surface area contributed by atoms with Crippen LogP contribution in [0, 0.1) is 6.92 Å². The minimum Gasteiger partial charge on any atom is -0.388 e. The molecular formula is C10H15NOS2. The Morgan fingerprint density at radius 3 is 2.86 bits per heavy atom. The van der Waals surface area contributed by atoms with Gasteiger partial charge in [0.1, 0.15) is 0 Å². The Balaban J connectivity index is 2.22. The molecule has 1 aromatic heterocycles. The molecular weight excluding hydrogens is 214 g/mol. The van der Waals surface area contributed by atoms with E-state index in [9.17, 15) is 5.11 Å². The van der Waals surface area contributed by atoms with Gasteiger partial charge in [-0.2, -0.15) is 11.8 Å². The molecule has 1 saturated heterocycles. The van der Waals surface area contributed by atoms with Crippen LogP contribution in [0.2, 0.25) is 0 Å². The fourth-order valence-corrected chi connectivity index (χ4v) is 4.19. The van der Waals surface area contributed by atoms with Gasteiger partial charge in [-0.05, 0) is 26.0 Å². The number of hydrogen-bond acceptors (Lipinski definition) is 4. The highest BCUT2D eigenvalue weighted by Gasteiger charge is 2.22. The predicted molar refractivity (Wildman–Crippen MR) is 62.2 cm³/mol. The second-order valence-electron chi connectivity index (χ2n) is 3.74. The summed E-state index contributed by atoms with van der Waals surface area (Å²) in [4.78, 5) is 5.60. The molecule has 0 aliphatic carbocycles. The average Bonchev–Trinajstić information content (AvgIpc) is 2.70. The smallest absolute Gasteiger partial charge is 0.0971 e. The van der Waals surface area contributed by atoms with Crippen LogP contribution in [0.1, 0.15) is 40.9 Å². The molecule has 4 heteroatoms. The summed E-state index contributed by atoms with van der Waals surface area (Å²) in [5.41, 5.74) is 1.01. The van der Waals surface area contributed by atoms with E-state index in [4.69, 9.17) is 0 Å². The highest BCUT2D eigenvalue weighted by Crippen LogP contribution is 2.36. The number of aryl methyl sites for hydroxylation is 1. The van der Waals surface area contributed by atoms with Crippen molar-refractivity contribution in [1.82, 2.24) is 4.98 Å². The first kappa shape index (κ1) is 10.5. The Morgan fingerprint density at radius 1 is 1.57 bits per heavy atom. The number of hydrogen-bond donors (Lipinski definition) is 1. The molecule has 78 valence electrons. The molecule has 1 aromatic rings. The molecule has 1 N–H and O–H groups in total. The topological polar surface area (TPSA) is 33.1 Å². The Labute approximate surface area is 92.8 Å². The van der Waals surface area contributed by atoms with Crippen LogP contribution in [0.15, 0.2) is 0 Å². The average molecular weight is 229 g/mol. The van der Waals surface area contributed by atoms with Crippen LogP contribution in [-0.4, -0.2) is 21.6 Å². The Kier molecular flexibility index (Phi) is 3.14. The van der Waals surface area contributed by atoms with Crippen molar-refractivity contribution in [3.05, 3.63) is 15.6 Å². The van der Waals surface area contributed by atoms with E-state index in [1.165, 1.54) is 22.9 Å². The van der Waals surface area contributed by atoms with E-state index in [2.05, 4.69) is 4.98 Å². The number of thioether (sulfide) groups is 1. The lowest BCUT2D eigenvalue weighted by Gasteiger charge is -2.01. The monoisotopic (exact) mass is 229 g/mol. The Bertz CT molecular complexity index is 316. The van der Waals surface area contributed by atoms with Gasteiger partial charge in [-0.15, -0.1) is 11.3 Å². The largest absolute Gasteiger partial charge is 0.388 e. The van der Waals surface area contributed by atoms with Gasteiger partial charge in [-0.25, -0.2) is 4.98 Å². The summed E-state index contributed by atoms with van der Waals surface area (Å²) in [6.07, 6.45) is 0.881. The van der Waals surface area contributed by atoms with Crippen LogP contribution in [0.5, 0.6) is 0 Å². The van der Waals surface area contributed by atoms with Crippen molar-refractivity contribution in [3.63, 3.8) is 0 Å². The lowest BCUT2D eigenvalue weighted by atomic mass is 10.1. The third-order valence-electron chi connectivity index (χ3n) is 2.51. The number of rotatable bonds is 2. The Morgan fingerprint density at radius 2 is 2.36 bits per heavy atom. The van der Waals surface area contributed by atoms with Gasteiger partial charge in [-0.1, -0.05) is 0 Å². The molecule has 1 aliphatic rings. The van der Waals surface area contributed by atoms with E-state index in [0.717, 1.165) is 10.6 Å². The van der Waals surface area contributed by atoms with Crippen LogP contribution in [0.4, 0.5) is 0 Å². The maximum atomic E-state index is 9.53. The maximum absolute atomic E-state index is 9.53. The molecule has 1 fully saturated rings. The zero-order chi connectivity index (χ0) is 10.1. The Hall–Kier alpha value is -0.0600. The van der Waals surface area contributed by atoms with Gasteiger partial charge in [0.05, 0.1) is 21.7 Å². The lowest BCUT2D eigenvalue weighted by molar-refractivity contribution is 0.202. The van der Waals surface area contributed by atoms with Crippen LogP contribution in [-0.2, 0) is 0 Å². The third-order valence-corrected chi connectivity index (χ3v) is 5.16. The second kappa shape index (κ2) is 4.21. The van der Waals surface area contributed by atoms with Crippen molar-refractivity contribution in [1.29, 1.82) is 0 Å². The zero-order valence-corrected chi connectivity index (χ0v) is 10.1. The van der Waals surface area contributed by atoms with Crippen molar-refractivity contribution in [2.24, 2.45) is 0 Å². The van der Waals surface area contributed by atoms with Gasteiger partial charge in [-0.3, -0.25) is 0 Å². The van der Waals surface area contributed by atoms with Crippen LogP contribution >= 0.6 is 23.1 Å². The van der Waals surface area contributed by atoms with E-state index in [1.807, 2.05) is 25.6 Å². The SMILES string of the molecule is Cc1nc(C2CCSC2)sc1C(C)O. The standard InChI is InChI=1S/C10H15NOS2/c1-6-9(7(2)12)14-10(11-6)8-3-4-13-5-8/h7-8,12H,3-5H2,1-2H3. The first-order valence-corrected chi connectivity index (χ1v) is 6.88. The first-order valence-electron chi connectivity index (χ1n) is 4.91. The van der Waals surface area contributed by atoms with Crippen molar-refractivity contribution >= 4 is 23.1 Å². The molecule has 2 unspecified atom stereocenters. The summed E-state index contributed by atoms with van der Waals surface area (Å²) in [5.74, 6) is 3.09. The molecule has 1 aliphatic heterocycles. The summed E-state index contributed by atoms with van der Waals surface area (Å²) in [7, 11) is 0. The fraction of sp³-hybridized carbons (Fsp3) is 0.700. The third kappa shape index (κ3) is 1.97. The van der Waals surface area contributed by atoms with E-state index >= 15 is 0 Å². The second-order valence-corrected chi connectivity index (χ2v) is 5.95. The molecule has 0 saturated carbocycles. The highest BCUT2D eigenvalue weighted by molar-refractivity contribution is 7.99. The lowest BCUT2D eigenvalue weighted by Crippen LogP contribution is -1.94. The molecule has 0 radical (unpaired) electrons. The van der Waals surface area contributed by atoms with Gasteiger partial charge in [0.2, 0.25) is 0 Å². The van der Waals surface area contributed by atoms with Crippen molar-refractivity contribution in [2.45, 2.75) is 32.3 Å². The number of aliphatic hydroxyl groups excluding tert-OH is 1. The van der Waals surface area contributed by atoms with E-state index in [0.29, 0.717) is 5.92 Å². The van der Waals surface area contributed by atoms with E-state index in [-0.39, 0.29) is 6.10 Å². The van der Waals surface area contributed by atoms with E-state index < -0.39 is 0 Å². The van der Waals surface area contributed by atoms with Gasteiger partial charge in [0, 0.05) is 11.7 Å². The summed E-state index contributed by atoms with van der Waals surface area (Å²) in [5, 5.41) is 10.8. The number of aliphatic hydroxyl groups is 1. The molecule has 2 atom stereocenters. The minimum atomic E-state index is -0.365. The number of nitrogens with zero attached hydrogens (tertiary/aromatic N) is 1. The van der Waals surface area contributed by atoms with Gasteiger partial charge in [0.15, 0.2) is 0 Å². The number of aromatic nitrogens is 1. The van der Waals surface area contributed by atoms with Crippen molar-refractivity contribution in [3.8, 4) is 0 Å². The molecule has 2 heterocycles. The fourth-order valence-electron chi connectivity index (χ4n) is 1.72. The molecule has 2 nitrogen and oxygen atoms in total. The quantitative estimate of drug-likeness (QED) is 0.846. The van der Waals surface area contributed by atoms with Gasteiger partial charge in [0.25, 0.3) is 0 Å². The van der Waals surface area contributed by atoms with Crippen LogP contribution in [0.3, 0.4) is 0 Å². The molecule has 0 spiro atoms. The maximum Gasteiger partial charge on any atom is 0.0971 e. The molecule has 0 amide bonds. The van der Waals surface area contributed by atoms with Crippen LogP contribution < -0.4 is 0 Å². The van der Waals surface area contributed by atoms with Gasteiger partial charge >= 0.3 is 0 Å². The molecule has 0 bridgehead atoms. The van der Waals surface area contributed by atoms with Gasteiger partial charge < -0.3 is 5.11 Å². The predicted octanol–water partition coefficient (Wildman–Crippen LogP) is 2.73. The summed E-state index contributed by atoms with van der Waals surface area (Å²) in [6, 6.07) is 0. The highest BCUT2D eigenvalue weighted by atomic mass is 32.2. The molecule has 14 heavy (non-hydrogen) atoms. The van der Waals surface area contributed by atoms with E-state index in [1.54, 1.807) is 11.3 Å². The summed E-state index contributed by atoms with van der Waals surface area (Å²) >= 11 is 3.70. The molecule has 0 aromatic carbocycles. The van der Waals surface area contributed by atoms with Crippen molar-refractivity contribution in [2.75, 3.05) is 11.5 Å². The zero-order valence-electron chi connectivity index (χ0n) is 8.49. The summed E-state index contributed by atoms with van der Waals surface area (Å²) < 4.78 is 0. The minimum absolute atomic E-state index is 0.365.